The second-order valence-corrected chi connectivity index (χ2v) is 41.3. The molecular formula is C94H112N8O18S2. The van der Waals surface area contributed by atoms with Gasteiger partial charge in [-0.25, -0.2) is 26.8 Å². The Kier molecular flexibility index (Phi) is 23.7. The molecule has 6 heterocycles. The van der Waals surface area contributed by atoms with E-state index >= 15 is 9.59 Å². The number of nitrogens with one attached hydrogen (secondary N) is 4. The van der Waals surface area contributed by atoms with Crippen LogP contribution in [-0.2, 0) is 67.9 Å². The second-order valence-electron chi connectivity index (χ2n) is 37.3. The predicted octanol–water partition coefficient (Wildman–Crippen LogP) is 12.2. The van der Waals surface area contributed by atoms with Gasteiger partial charge in [-0.15, -0.1) is 0 Å². The van der Waals surface area contributed by atoms with Crippen molar-refractivity contribution in [2.24, 2.45) is 71.0 Å². The van der Waals surface area contributed by atoms with Gasteiger partial charge in [-0.1, -0.05) is 113 Å². The lowest BCUT2D eigenvalue weighted by atomic mass is 9.82. The van der Waals surface area contributed by atoms with Crippen LogP contribution in [0.4, 0.5) is 0 Å². The van der Waals surface area contributed by atoms with E-state index in [0.29, 0.717) is 120 Å². The summed E-state index contributed by atoms with van der Waals surface area (Å²) in [6, 6.07) is 32.3. The predicted molar refractivity (Wildman–Crippen MR) is 455 cm³/mol. The van der Waals surface area contributed by atoms with E-state index in [9.17, 15) is 45.6 Å². The summed E-state index contributed by atoms with van der Waals surface area (Å²) in [4.78, 5) is 128. The molecule has 0 radical (unpaired) electrons. The Bertz CT molecular complexity index is 5010. The van der Waals surface area contributed by atoms with Crippen molar-refractivity contribution < 1.29 is 83.6 Å². The zero-order chi connectivity index (χ0) is 85.3. The number of benzene rings is 4. The summed E-state index contributed by atoms with van der Waals surface area (Å²) in [6.45, 7) is 8.30. The number of allylic oxidation sites excluding steroid dienone is 2. The Balaban J connectivity index is 0.000000173. The van der Waals surface area contributed by atoms with Crippen LogP contribution in [0.25, 0.3) is 44.1 Å². The third-order valence-corrected chi connectivity index (χ3v) is 31.7. The number of fused-ring (bicyclic) bond motifs is 8. The first-order chi connectivity index (χ1) is 58.6. The van der Waals surface area contributed by atoms with Gasteiger partial charge in [0.15, 0.2) is 0 Å². The quantitative estimate of drug-likeness (QED) is 0.0407. The Morgan fingerprint density at radius 2 is 0.861 bits per heavy atom. The highest BCUT2D eigenvalue weighted by molar-refractivity contribution is 7.91. The molecule has 4 N–H and O–H groups in total. The van der Waals surface area contributed by atoms with Crippen LogP contribution in [0.15, 0.2) is 133 Å². The lowest BCUT2D eigenvalue weighted by Crippen LogP contribution is -2.57. The number of methoxy groups -OCH3 is 2. The second kappa shape index (κ2) is 34.3. The molecule has 2 unspecified atom stereocenters. The van der Waals surface area contributed by atoms with E-state index in [1.54, 1.807) is 14.2 Å². The molecule has 2 aromatic heterocycles. The number of carbonyl (C=O) groups is 8. The molecule has 8 saturated carbocycles. The highest BCUT2D eigenvalue weighted by atomic mass is 32.2. The normalized spacial score (nSPS) is 32.9. The molecule has 26 nitrogen and oxygen atoms in total. The number of carbonyl (C=O) groups excluding carboxylic acids is 8. The minimum atomic E-state index is -3.91. The number of hydrogen-bond donors (Lipinski definition) is 4. The number of esters is 2. The fraction of sp³-hybridized carbons (Fsp3) is 0.553. The summed E-state index contributed by atoms with van der Waals surface area (Å²) in [7, 11) is -4.61. The highest BCUT2D eigenvalue weighted by Gasteiger charge is 2.64. The number of aromatic nitrogens is 2. The van der Waals surface area contributed by atoms with Gasteiger partial charge in [0.2, 0.25) is 55.4 Å². The summed E-state index contributed by atoms with van der Waals surface area (Å²) in [5, 5.41) is 7.76. The molecule has 4 aromatic carbocycles. The molecule has 2 saturated heterocycles. The number of hydrogen-bond acceptors (Lipinski definition) is 20. The third kappa shape index (κ3) is 18.5. The van der Waals surface area contributed by atoms with Crippen LogP contribution in [0.5, 0.6) is 23.3 Å². The minimum absolute atomic E-state index is 0.0181. The van der Waals surface area contributed by atoms with Crippen LogP contribution in [0.2, 0.25) is 0 Å². The topological polar surface area (TPSA) is 341 Å². The molecule has 122 heavy (non-hydrogen) atoms. The Morgan fingerprint density at radius 3 is 1.23 bits per heavy atom. The summed E-state index contributed by atoms with van der Waals surface area (Å²) in [6.07, 6.45) is 18.6. The molecule has 648 valence electrons. The maximum Gasteiger partial charge on any atom is 0.306 e. The number of rotatable bonds is 20. The number of nitrogens with zero attached hydrogens (tertiary/aromatic N) is 4. The molecule has 0 bridgehead atoms. The largest absolute Gasteiger partial charge is 0.497 e. The van der Waals surface area contributed by atoms with Gasteiger partial charge in [0.05, 0.1) is 73.9 Å². The molecular weight excluding hydrogens is 1590 g/mol. The number of pyridine rings is 2. The molecule has 4 aliphatic heterocycles. The van der Waals surface area contributed by atoms with E-state index in [1.807, 2.05) is 147 Å². The molecule has 8 aliphatic carbocycles. The van der Waals surface area contributed by atoms with Crippen molar-refractivity contribution in [1.29, 1.82) is 0 Å². The SMILES string of the molecule is COc1ccc2c(O[C@@H]3C[C@H]4C(=O)N[C@]5(C(=O)NS(=O)(=O)C6CC6)C[C@H]5/C=C\CC[C@@H](C)C[C@@H](C)[C@H](CC(=O)OC5C[C@@H]6C[C@@H]6C5)C(=O)N4C3)nc(-c3ccccc3)cc2c1.COc1ccc2c(O[C@@H]3C[C@H]4C(=O)N[C@]5(C(=O)NS(=O)(=O)C6CC6)C[C@H]5/C=C\CC[C@H](C)C[C@@H](C)[C@H](CC(=O)OC5C[C@@H]6C[C@@H]6C5)C(=O)N4C3)nc(-c3ccccc3)cc2c1. The van der Waals surface area contributed by atoms with Gasteiger partial charge >= 0.3 is 11.9 Å². The molecule has 0 spiro atoms. The Labute approximate surface area is 713 Å². The first-order valence-electron chi connectivity index (χ1n) is 44.1. The van der Waals surface area contributed by atoms with Gasteiger partial charge in [0.25, 0.3) is 11.8 Å². The van der Waals surface area contributed by atoms with Crippen LogP contribution < -0.4 is 39.0 Å². The molecule has 12 aliphatic rings. The molecule has 6 aromatic rings. The van der Waals surface area contributed by atoms with Gasteiger partial charge in [-0.3, -0.25) is 47.8 Å². The van der Waals surface area contributed by atoms with Gasteiger partial charge < -0.3 is 48.9 Å². The Morgan fingerprint density at radius 1 is 0.475 bits per heavy atom. The fourth-order valence-electron chi connectivity index (χ4n) is 20.3. The van der Waals surface area contributed by atoms with Crippen LogP contribution >= 0.6 is 0 Å². The zero-order valence-corrected chi connectivity index (χ0v) is 71.8. The first-order valence-corrected chi connectivity index (χ1v) is 47.2. The molecule has 6 amide bonds. The fourth-order valence-corrected chi connectivity index (χ4v) is 23.0. The van der Waals surface area contributed by atoms with E-state index in [0.717, 1.165) is 60.4 Å². The van der Waals surface area contributed by atoms with Crippen molar-refractivity contribution in [3.63, 3.8) is 0 Å². The average molecular weight is 1710 g/mol. The van der Waals surface area contributed by atoms with E-state index in [2.05, 4.69) is 33.9 Å². The van der Waals surface area contributed by atoms with Crippen LogP contribution in [0.1, 0.15) is 169 Å². The maximum atomic E-state index is 15.1. The maximum absolute atomic E-state index is 15.1. The van der Waals surface area contributed by atoms with Crippen LogP contribution in [0.3, 0.4) is 0 Å². The molecule has 28 heteroatoms. The van der Waals surface area contributed by atoms with Gasteiger partial charge in [-0.05, 0) is 222 Å². The number of amides is 6. The standard InChI is InChI=1S/2C47H56N4O9S/c2*1-27-9-7-8-12-33-25-47(33,46(55)50-61(56,57)37-14-15-37)49-43(53)41-23-36(26-51(41)45(54)39(28(2)17-27)24-42(52)59-35-19-30-18-31(30)20-35)60-44-38-16-13-34(58-3)21-32(38)22-40(48-44)29-10-5-4-6-11-29/h2*4-6,8,10-13,16,21-22,27-28,30-31,33,35-37,39,41H,7,9,14-15,17-20,23-26H2,1-3H3,(H,49,53)(H,50,55)/b2*12-8-/t27-,28+,30-,31+,33+,35?,36+,39-,41-,47+;27-,28-,30-,31+,33-,35?,36-,39+,41+,47-/m01/s1. The number of ether oxygens (including phenoxy) is 6. The monoisotopic (exact) mass is 1700 g/mol. The van der Waals surface area contributed by atoms with Gasteiger partial charge in [0.1, 0.15) is 59.1 Å². The van der Waals surface area contributed by atoms with E-state index in [-0.39, 0.29) is 99.3 Å². The van der Waals surface area contributed by atoms with Crippen molar-refractivity contribution in [2.45, 2.75) is 227 Å². The minimum Gasteiger partial charge on any atom is -0.497 e. The highest BCUT2D eigenvalue weighted by Crippen LogP contribution is 2.55. The van der Waals surface area contributed by atoms with Crippen molar-refractivity contribution in [3.8, 4) is 45.8 Å². The van der Waals surface area contributed by atoms with E-state index in [4.69, 9.17) is 38.4 Å². The summed E-state index contributed by atoms with van der Waals surface area (Å²) in [5.41, 5.74) is 0.0714. The van der Waals surface area contributed by atoms with E-state index in [1.165, 1.54) is 22.6 Å². The van der Waals surface area contributed by atoms with Crippen molar-refractivity contribution in [2.75, 3.05) is 27.3 Å². The van der Waals surface area contributed by atoms with Crippen molar-refractivity contribution in [3.05, 3.63) is 133 Å². The molecule has 20 atom stereocenters. The smallest absolute Gasteiger partial charge is 0.306 e. The molecule has 10 fully saturated rings. The lowest BCUT2D eigenvalue weighted by Gasteiger charge is -2.32. The number of sulfonamides is 2. The van der Waals surface area contributed by atoms with Gasteiger partial charge in [0, 0.05) is 46.6 Å². The summed E-state index contributed by atoms with van der Waals surface area (Å²) < 4.78 is 93.1. The summed E-state index contributed by atoms with van der Waals surface area (Å²) in [5.74, 6) is -2.21. The molecule has 18 rings (SSSR count). The summed E-state index contributed by atoms with van der Waals surface area (Å²) >= 11 is 0. The average Bonchev–Trinajstić information content (AvgIpc) is 1.58. The van der Waals surface area contributed by atoms with Gasteiger partial charge in [-0.2, -0.15) is 0 Å². The van der Waals surface area contributed by atoms with E-state index < -0.39 is 125 Å². The van der Waals surface area contributed by atoms with Crippen molar-refractivity contribution in [1.82, 2.24) is 39.8 Å². The Hall–Kier alpha value is -9.96. The van der Waals surface area contributed by atoms with Crippen LogP contribution in [0, 0.1) is 71.0 Å². The third-order valence-electron chi connectivity index (χ3n) is 28.0. The lowest BCUT2D eigenvalue weighted by molar-refractivity contribution is -0.155. The van der Waals surface area contributed by atoms with Crippen molar-refractivity contribution >= 4 is 89.0 Å². The first kappa shape index (κ1) is 84.3. The zero-order valence-electron chi connectivity index (χ0n) is 70.2. The van der Waals surface area contributed by atoms with Crippen LogP contribution in [-0.4, -0.2) is 169 Å².